The van der Waals surface area contributed by atoms with Gasteiger partial charge in [-0.1, -0.05) is 27.7 Å². The standard InChI is InChI=1S/C15H30N2O2/c1-8-15(7,10-16-12(4)18)9-14(5,6)17-13(19)11(2)3/h11H,8-10H2,1-7H3,(H,16,18)(H,17,19). The number of carbonyl (C=O) groups excluding carboxylic acids is 2. The van der Waals surface area contributed by atoms with Gasteiger partial charge in [-0.15, -0.1) is 0 Å². The van der Waals surface area contributed by atoms with Gasteiger partial charge in [-0.2, -0.15) is 0 Å². The minimum atomic E-state index is -0.273. The summed E-state index contributed by atoms with van der Waals surface area (Å²) < 4.78 is 0. The van der Waals surface area contributed by atoms with Crippen molar-refractivity contribution in [1.82, 2.24) is 10.6 Å². The van der Waals surface area contributed by atoms with Gasteiger partial charge in [0.05, 0.1) is 0 Å². The first-order valence-electron chi connectivity index (χ1n) is 7.08. The van der Waals surface area contributed by atoms with Crippen LogP contribution < -0.4 is 10.6 Å². The third-order valence-electron chi connectivity index (χ3n) is 3.47. The molecule has 0 radical (unpaired) electrons. The summed E-state index contributed by atoms with van der Waals surface area (Å²) in [5, 5.41) is 5.97. The van der Waals surface area contributed by atoms with Crippen LogP contribution in [0.4, 0.5) is 0 Å². The van der Waals surface area contributed by atoms with Gasteiger partial charge in [0.2, 0.25) is 11.8 Å². The average molecular weight is 270 g/mol. The summed E-state index contributed by atoms with van der Waals surface area (Å²) in [6.07, 6.45) is 1.78. The Morgan fingerprint density at radius 3 is 2.05 bits per heavy atom. The van der Waals surface area contributed by atoms with E-state index < -0.39 is 0 Å². The quantitative estimate of drug-likeness (QED) is 0.746. The van der Waals surface area contributed by atoms with Gasteiger partial charge in [0.15, 0.2) is 0 Å². The summed E-state index contributed by atoms with van der Waals surface area (Å²) in [5.41, 5.74) is -0.288. The summed E-state index contributed by atoms with van der Waals surface area (Å²) >= 11 is 0. The van der Waals surface area contributed by atoms with Crippen molar-refractivity contribution in [1.29, 1.82) is 0 Å². The fourth-order valence-corrected chi connectivity index (χ4v) is 2.24. The van der Waals surface area contributed by atoms with Gasteiger partial charge >= 0.3 is 0 Å². The van der Waals surface area contributed by atoms with Gasteiger partial charge in [-0.25, -0.2) is 0 Å². The van der Waals surface area contributed by atoms with Gasteiger partial charge in [0.1, 0.15) is 0 Å². The van der Waals surface area contributed by atoms with Crippen molar-refractivity contribution in [3.8, 4) is 0 Å². The Bertz CT molecular complexity index is 324. The molecule has 4 heteroatoms. The molecule has 1 unspecified atom stereocenters. The molecule has 0 aromatic rings. The minimum Gasteiger partial charge on any atom is -0.356 e. The Morgan fingerprint density at radius 2 is 1.68 bits per heavy atom. The van der Waals surface area contributed by atoms with Gasteiger partial charge in [0.25, 0.3) is 0 Å². The maximum atomic E-state index is 11.8. The van der Waals surface area contributed by atoms with Crippen LogP contribution in [0.2, 0.25) is 0 Å². The highest BCUT2D eigenvalue weighted by atomic mass is 16.2. The Hall–Kier alpha value is -1.06. The molecule has 0 saturated heterocycles. The van der Waals surface area contributed by atoms with Crippen LogP contribution >= 0.6 is 0 Å². The highest BCUT2D eigenvalue weighted by Gasteiger charge is 2.32. The highest BCUT2D eigenvalue weighted by Crippen LogP contribution is 2.31. The summed E-state index contributed by atoms with van der Waals surface area (Å²) in [6, 6.07) is 0. The summed E-state index contributed by atoms with van der Waals surface area (Å²) in [7, 11) is 0. The van der Waals surface area contributed by atoms with Crippen LogP contribution in [0.25, 0.3) is 0 Å². The topological polar surface area (TPSA) is 58.2 Å². The normalized spacial score (nSPS) is 14.9. The molecule has 0 bridgehead atoms. The molecule has 2 N–H and O–H groups in total. The summed E-state index contributed by atoms with van der Waals surface area (Å²) in [4.78, 5) is 22.9. The SMILES string of the molecule is CCC(C)(CNC(C)=O)CC(C)(C)NC(=O)C(C)C. The van der Waals surface area contributed by atoms with E-state index in [2.05, 4.69) is 24.5 Å². The number of carbonyl (C=O) groups is 2. The molecule has 1 atom stereocenters. The zero-order valence-electron chi connectivity index (χ0n) is 13.5. The van der Waals surface area contributed by atoms with Crippen molar-refractivity contribution in [2.45, 2.75) is 66.8 Å². The molecule has 2 amide bonds. The fourth-order valence-electron chi connectivity index (χ4n) is 2.24. The summed E-state index contributed by atoms with van der Waals surface area (Å²) in [6.45, 7) is 14.3. The van der Waals surface area contributed by atoms with Crippen molar-refractivity contribution in [3.63, 3.8) is 0 Å². The largest absolute Gasteiger partial charge is 0.356 e. The predicted molar refractivity (Wildman–Crippen MR) is 78.8 cm³/mol. The molecule has 0 aliphatic carbocycles. The lowest BCUT2D eigenvalue weighted by Gasteiger charge is -2.38. The molecule has 19 heavy (non-hydrogen) atoms. The highest BCUT2D eigenvalue weighted by molar-refractivity contribution is 5.78. The first-order chi connectivity index (χ1) is 8.51. The second kappa shape index (κ2) is 6.92. The number of hydrogen-bond donors (Lipinski definition) is 2. The van der Waals surface area contributed by atoms with E-state index in [4.69, 9.17) is 0 Å². The van der Waals surface area contributed by atoms with Gasteiger partial charge in [-0.05, 0) is 32.1 Å². The second-order valence-electron chi connectivity index (χ2n) is 6.78. The van der Waals surface area contributed by atoms with E-state index in [0.717, 1.165) is 12.8 Å². The third kappa shape index (κ3) is 7.19. The van der Waals surface area contributed by atoms with Crippen molar-refractivity contribution in [2.24, 2.45) is 11.3 Å². The lowest BCUT2D eigenvalue weighted by molar-refractivity contribution is -0.126. The molecule has 0 aromatic heterocycles. The van der Waals surface area contributed by atoms with Crippen LogP contribution in [-0.4, -0.2) is 23.9 Å². The molecule has 0 heterocycles. The molecule has 112 valence electrons. The number of hydrogen-bond acceptors (Lipinski definition) is 2. The van der Waals surface area contributed by atoms with Crippen LogP contribution in [0.15, 0.2) is 0 Å². The van der Waals surface area contributed by atoms with E-state index in [1.54, 1.807) is 0 Å². The van der Waals surface area contributed by atoms with E-state index in [1.807, 2.05) is 27.7 Å². The average Bonchev–Trinajstić information content (AvgIpc) is 2.25. The first kappa shape index (κ1) is 17.9. The molecule has 0 aliphatic heterocycles. The van der Waals surface area contributed by atoms with Crippen molar-refractivity contribution < 1.29 is 9.59 Å². The Balaban J connectivity index is 4.65. The molecule has 0 rings (SSSR count). The lowest BCUT2D eigenvalue weighted by atomic mass is 9.76. The van der Waals surface area contributed by atoms with Gasteiger partial charge in [-0.3, -0.25) is 9.59 Å². The molecule has 0 fully saturated rings. The van der Waals surface area contributed by atoms with E-state index in [-0.39, 0.29) is 28.7 Å². The predicted octanol–water partition coefficient (Wildman–Crippen LogP) is 2.48. The number of amides is 2. The van der Waals surface area contributed by atoms with Crippen molar-refractivity contribution in [2.75, 3.05) is 6.54 Å². The van der Waals surface area contributed by atoms with Crippen LogP contribution in [0.5, 0.6) is 0 Å². The van der Waals surface area contributed by atoms with E-state index >= 15 is 0 Å². The first-order valence-corrected chi connectivity index (χ1v) is 7.08. The fraction of sp³-hybridized carbons (Fsp3) is 0.867. The Kier molecular flexibility index (Phi) is 6.53. The summed E-state index contributed by atoms with van der Waals surface area (Å²) in [5.74, 6) is 0.0502. The van der Waals surface area contributed by atoms with Crippen molar-refractivity contribution >= 4 is 11.8 Å². The third-order valence-corrected chi connectivity index (χ3v) is 3.47. The van der Waals surface area contributed by atoms with Crippen LogP contribution in [-0.2, 0) is 9.59 Å². The number of rotatable bonds is 7. The number of nitrogens with one attached hydrogen (secondary N) is 2. The van der Waals surface area contributed by atoms with E-state index in [1.165, 1.54) is 6.92 Å². The zero-order chi connectivity index (χ0) is 15.3. The molecular formula is C15H30N2O2. The van der Waals surface area contributed by atoms with Gasteiger partial charge < -0.3 is 10.6 Å². The van der Waals surface area contributed by atoms with E-state index in [9.17, 15) is 9.59 Å². The molecule has 0 aliphatic rings. The lowest BCUT2D eigenvalue weighted by Crippen LogP contribution is -2.50. The maximum Gasteiger partial charge on any atom is 0.222 e. The molecule has 0 spiro atoms. The Labute approximate surface area is 117 Å². The molecule has 4 nitrogen and oxygen atoms in total. The van der Waals surface area contributed by atoms with Crippen LogP contribution in [0.3, 0.4) is 0 Å². The molecular weight excluding hydrogens is 240 g/mol. The van der Waals surface area contributed by atoms with Gasteiger partial charge in [0, 0.05) is 24.9 Å². The zero-order valence-corrected chi connectivity index (χ0v) is 13.5. The second-order valence-corrected chi connectivity index (χ2v) is 6.78. The smallest absolute Gasteiger partial charge is 0.222 e. The van der Waals surface area contributed by atoms with Crippen molar-refractivity contribution in [3.05, 3.63) is 0 Å². The molecule has 0 aromatic carbocycles. The van der Waals surface area contributed by atoms with E-state index in [0.29, 0.717) is 6.54 Å². The maximum absolute atomic E-state index is 11.8. The molecule has 0 saturated carbocycles. The van der Waals surface area contributed by atoms with Crippen LogP contribution in [0, 0.1) is 11.3 Å². The Morgan fingerprint density at radius 1 is 1.16 bits per heavy atom. The minimum absolute atomic E-state index is 0.0105. The van der Waals surface area contributed by atoms with Crippen LogP contribution in [0.1, 0.15) is 61.3 Å². The monoisotopic (exact) mass is 270 g/mol.